The van der Waals surface area contributed by atoms with Crippen molar-refractivity contribution in [2.75, 3.05) is 0 Å². The average Bonchev–Trinajstić information content (AvgIpc) is 2.93. The monoisotopic (exact) mass is 610 g/mol. The smallest absolute Gasteiger partial charge is 0.458 e. The second kappa shape index (κ2) is 20.6. The molecule has 0 spiro atoms. The van der Waals surface area contributed by atoms with E-state index >= 15 is 0 Å². The lowest BCUT2D eigenvalue weighted by atomic mass is 9.96. The number of rotatable bonds is 6. The molecule has 5 atom stereocenters. The summed E-state index contributed by atoms with van der Waals surface area (Å²) in [7, 11) is -4.89. The second-order valence-corrected chi connectivity index (χ2v) is 11.6. The van der Waals surface area contributed by atoms with Crippen molar-refractivity contribution in [3.05, 3.63) is 133 Å². The normalized spacial score (nSPS) is 24.9. The van der Waals surface area contributed by atoms with E-state index in [1.807, 2.05) is 80.7 Å². The van der Waals surface area contributed by atoms with Gasteiger partial charge in [0, 0.05) is 6.42 Å². The number of phosphoric ester groups is 1. The van der Waals surface area contributed by atoms with E-state index in [9.17, 15) is 24.3 Å². The van der Waals surface area contributed by atoms with E-state index < -0.39 is 26.1 Å². The van der Waals surface area contributed by atoms with Crippen molar-refractivity contribution in [1.29, 1.82) is 0 Å². The summed E-state index contributed by atoms with van der Waals surface area (Å²) < 4.78 is 22.3. The van der Waals surface area contributed by atoms with E-state index in [0.717, 1.165) is 17.6 Å². The van der Waals surface area contributed by atoms with Gasteiger partial charge in [0.1, 0.15) is 18.3 Å². The summed E-state index contributed by atoms with van der Waals surface area (Å²) in [4.78, 5) is 31.7. The van der Waals surface area contributed by atoms with Gasteiger partial charge in [-0.05, 0) is 38.2 Å². The van der Waals surface area contributed by atoms with Crippen molar-refractivity contribution in [2.24, 2.45) is 11.8 Å². The summed E-state index contributed by atoms with van der Waals surface area (Å²) in [6.45, 7) is 15.4. The number of cyclic esters (lactones) is 1. The van der Waals surface area contributed by atoms with Crippen LogP contribution in [0.25, 0.3) is 0 Å². The summed E-state index contributed by atoms with van der Waals surface area (Å²) >= 11 is 0. The molecule has 1 aliphatic rings. The Morgan fingerprint density at radius 1 is 1.05 bits per heavy atom. The third-order valence-electron chi connectivity index (χ3n) is 6.32. The summed E-state index contributed by atoms with van der Waals surface area (Å²) in [5, 5.41) is 10.7. The number of esters is 1. The zero-order valence-electron chi connectivity index (χ0n) is 25.7. The molecular formula is C35H47O7P. The molecule has 1 aliphatic heterocycles. The maximum Gasteiger partial charge on any atom is 0.470 e. The minimum Gasteiger partial charge on any atom is -0.458 e. The minimum atomic E-state index is -4.89. The zero-order chi connectivity index (χ0) is 32.3. The number of hydrogen-bond acceptors (Lipinski definition) is 5. The molecule has 0 saturated carbocycles. The number of carbonyl (C=O) groups is 1. The lowest BCUT2D eigenvalue weighted by Crippen LogP contribution is -2.24. The van der Waals surface area contributed by atoms with Crippen LogP contribution in [0.3, 0.4) is 0 Å². The quantitative estimate of drug-likeness (QED) is 0.122. The first kappa shape index (κ1) is 37.7. The fourth-order valence-electron chi connectivity index (χ4n) is 3.75. The summed E-state index contributed by atoms with van der Waals surface area (Å²) in [5.41, 5.74) is 2.19. The van der Waals surface area contributed by atoms with Crippen molar-refractivity contribution in [3.63, 3.8) is 0 Å². The molecule has 0 amide bonds. The summed E-state index contributed by atoms with van der Waals surface area (Å²) in [6, 6.07) is 0. The highest BCUT2D eigenvalue weighted by Gasteiger charge is 2.25. The third-order valence-corrected chi connectivity index (χ3v) is 6.84. The molecule has 7 nitrogen and oxygen atoms in total. The van der Waals surface area contributed by atoms with Crippen LogP contribution in [0.15, 0.2) is 133 Å². The molecule has 0 aromatic carbocycles. The lowest BCUT2D eigenvalue weighted by Gasteiger charge is -2.19. The molecule has 0 fully saturated rings. The van der Waals surface area contributed by atoms with Gasteiger partial charge in [-0.3, -0.25) is 9.32 Å². The van der Waals surface area contributed by atoms with Gasteiger partial charge in [-0.2, -0.15) is 0 Å². The maximum absolute atomic E-state index is 12.8. The Balaban J connectivity index is 3.37. The largest absolute Gasteiger partial charge is 0.470 e. The van der Waals surface area contributed by atoms with Crippen molar-refractivity contribution >= 4 is 13.8 Å². The molecule has 43 heavy (non-hydrogen) atoms. The molecule has 0 aromatic heterocycles. The van der Waals surface area contributed by atoms with Crippen LogP contribution in [0.4, 0.5) is 0 Å². The van der Waals surface area contributed by atoms with Crippen LogP contribution in [0.1, 0.15) is 47.0 Å². The number of ether oxygens (including phenoxy) is 1. The van der Waals surface area contributed by atoms with Gasteiger partial charge in [0.25, 0.3) is 0 Å². The van der Waals surface area contributed by atoms with Crippen LogP contribution in [-0.4, -0.2) is 39.2 Å². The van der Waals surface area contributed by atoms with Gasteiger partial charge in [0.15, 0.2) is 0 Å². The Morgan fingerprint density at radius 3 is 2.40 bits per heavy atom. The van der Waals surface area contributed by atoms with Gasteiger partial charge >= 0.3 is 13.8 Å². The molecule has 5 unspecified atom stereocenters. The first-order valence-electron chi connectivity index (χ1n) is 14.3. The number of aliphatic hydroxyl groups excluding tert-OH is 1. The highest BCUT2D eigenvalue weighted by atomic mass is 31.2. The molecule has 3 N–H and O–H groups in total. The highest BCUT2D eigenvalue weighted by Crippen LogP contribution is 2.39. The standard InChI is InChI=1S/C35H47O7P/c1-7-8-16-27(2)19-22-32-23-20-28(3)21-24-34(42-43(38,39)40)33(36)25-29(4)17-14-12-10-9-11-13-15-18-30(5)31(6)26-35(37)41-32/h7-17,19-22,24-25,27,30,32-34,36H,1,6,18,23,26H2,2-5H3,(H2,38,39,40)/b11-9?,12-10?,15-13?,16-8-,17-14?,22-19+,24-21?,28-20?,29-25?. The van der Waals surface area contributed by atoms with Gasteiger partial charge in [-0.1, -0.05) is 141 Å². The molecule has 0 aromatic rings. The van der Waals surface area contributed by atoms with Crippen LogP contribution >= 0.6 is 7.82 Å². The Hall–Kier alpha value is -3.32. The fourth-order valence-corrected chi connectivity index (χ4v) is 4.26. The van der Waals surface area contributed by atoms with Crippen LogP contribution in [0.2, 0.25) is 0 Å². The summed E-state index contributed by atoms with van der Waals surface area (Å²) in [6.07, 6.45) is 28.6. The third kappa shape index (κ3) is 18.8. The first-order valence-corrected chi connectivity index (χ1v) is 15.8. The lowest BCUT2D eigenvalue weighted by molar-refractivity contribution is -0.146. The number of phosphoric acid groups is 1. The molecule has 0 saturated heterocycles. The molecule has 0 aliphatic carbocycles. The first-order chi connectivity index (χ1) is 20.3. The van der Waals surface area contributed by atoms with E-state index in [1.54, 1.807) is 38.2 Å². The molecule has 0 bridgehead atoms. The van der Waals surface area contributed by atoms with Crippen LogP contribution < -0.4 is 0 Å². The van der Waals surface area contributed by atoms with E-state index in [4.69, 9.17) is 9.26 Å². The number of allylic oxidation sites excluding steroid dienone is 15. The van der Waals surface area contributed by atoms with Crippen molar-refractivity contribution < 1.29 is 33.5 Å². The SMILES string of the molecule is C=C/C=C\C(C)/C=C/C1CC=C(C)C=CC(OP(=O)(O)O)C(O)C=C(C)C=CC=CC=CC=CCC(C)C(=C)CC(=O)O1. The average molecular weight is 611 g/mol. The van der Waals surface area contributed by atoms with Crippen LogP contribution in [0.5, 0.6) is 0 Å². The van der Waals surface area contributed by atoms with Gasteiger partial charge in [0.2, 0.25) is 0 Å². The van der Waals surface area contributed by atoms with E-state index in [-0.39, 0.29) is 24.2 Å². The van der Waals surface area contributed by atoms with E-state index in [1.165, 1.54) is 12.2 Å². The van der Waals surface area contributed by atoms with E-state index in [0.29, 0.717) is 12.0 Å². The van der Waals surface area contributed by atoms with Gasteiger partial charge < -0.3 is 19.6 Å². The second-order valence-electron chi connectivity index (χ2n) is 10.4. The topological polar surface area (TPSA) is 113 Å². The highest BCUT2D eigenvalue weighted by molar-refractivity contribution is 7.46. The Morgan fingerprint density at radius 2 is 1.72 bits per heavy atom. The van der Waals surface area contributed by atoms with Gasteiger partial charge in [0.05, 0.1) is 6.42 Å². The van der Waals surface area contributed by atoms with Crippen molar-refractivity contribution in [1.82, 2.24) is 0 Å². The van der Waals surface area contributed by atoms with E-state index in [2.05, 4.69) is 13.2 Å². The minimum absolute atomic E-state index is 0.0919. The molecule has 234 valence electrons. The summed E-state index contributed by atoms with van der Waals surface area (Å²) in [5.74, 6) is -0.187. The predicted molar refractivity (Wildman–Crippen MR) is 176 cm³/mol. The number of carbonyl (C=O) groups excluding carboxylic acids is 1. The van der Waals surface area contributed by atoms with Gasteiger partial charge in [-0.15, -0.1) is 0 Å². The molecule has 8 heteroatoms. The Bertz CT molecular complexity index is 1240. The number of aliphatic hydroxyl groups is 1. The van der Waals surface area contributed by atoms with Crippen molar-refractivity contribution in [2.45, 2.75) is 65.3 Å². The van der Waals surface area contributed by atoms with Crippen LogP contribution in [-0.2, 0) is 18.6 Å². The maximum atomic E-state index is 12.8. The zero-order valence-corrected chi connectivity index (χ0v) is 26.6. The predicted octanol–water partition coefficient (Wildman–Crippen LogP) is 7.72. The Kier molecular flexibility index (Phi) is 18.0. The molecule has 0 radical (unpaired) electrons. The molecule has 1 heterocycles. The molecule has 1 rings (SSSR count). The van der Waals surface area contributed by atoms with Gasteiger partial charge in [-0.25, -0.2) is 4.57 Å². The molecular weight excluding hydrogens is 563 g/mol. The number of hydrogen-bond donors (Lipinski definition) is 3. The van der Waals surface area contributed by atoms with Crippen LogP contribution in [0, 0.1) is 11.8 Å². The Labute approximate surface area is 257 Å². The van der Waals surface area contributed by atoms with Crippen molar-refractivity contribution in [3.8, 4) is 0 Å². The fraction of sp³-hybridized carbons (Fsp3) is 0.343.